The van der Waals surface area contributed by atoms with Gasteiger partial charge in [0.15, 0.2) is 5.16 Å². The van der Waals surface area contributed by atoms with Crippen LogP contribution in [-0.2, 0) is 22.6 Å². The molecule has 1 aromatic heterocycles. The number of rotatable bonds is 8. The second-order valence-electron chi connectivity index (χ2n) is 7.05. The summed E-state index contributed by atoms with van der Waals surface area (Å²) < 4.78 is 1.81. The minimum absolute atomic E-state index is 0.0128. The largest absolute Gasteiger partial charge is 0.325 e. The molecule has 0 aliphatic carbocycles. The lowest BCUT2D eigenvalue weighted by atomic mass is 10.1. The first-order valence-electron chi connectivity index (χ1n) is 9.95. The quantitative estimate of drug-likeness (QED) is 0.426. The van der Waals surface area contributed by atoms with Gasteiger partial charge in [-0.2, -0.15) is 0 Å². The predicted molar refractivity (Wildman–Crippen MR) is 130 cm³/mol. The maximum atomic E-state index is 12.5. The van der Waals surface area contributed by atoms with E-state index >= 15 is 0 Å². The fraction of sp³-hybridized carbons (Fsp3) is 0.273. The molecule has 0 spiro atoms. The number of thioether (sulfide) groups is 1. The second kappa shape index (κ2) is 10.8. The Morgan fingerprint density at radius 1 is 1.00 bits per heavy atom. The van der Waals surface area contributed by atoms with Crippen LogP contribution in [0.2, 0.25) is 10.0 Å². The van der Waals surface area contributed by atoms with Crippen LogP contribution in [0.5, 0.6) is 0 Å². The van der Waals surface area contributed by atoms with Crippen LogP contribution < -0.4 is 10.6 Å². The predicted octanol–water partition coefficient (Wildman–Crippen LogP) is 5.13. The summed E-state index contributed by atoms with van der Waals surface area (Å²) >= 11 is 13.4. The van der Waals surface area contributed by atoms with Gasteiger partial charge < -0.3 is 15.2 Å². The monoisotopic (exact) mass is 491 g/mol. The SMILES string of the molecule is CCn1c(CC(=O)Nc2cccc(Cl)c2Cl)nnc1SCC(=O)Nc1cccc(C)c1C. The summed E-state index contributed by atoms with van der Waals surface area (Å²) in [6.45, 7) is 6.47. The summed E-state index contributed by atoms with van der Waals surface area (Å²) in [5.41, 5.74) is 3.38. The Balaban J connectivity index is 1.61. The van der Waals surface area contributed by atoms with Crippen LogP contribution in [0.15, 0.2) is 41.6 Å². The summed E-state index contributed by atoms with van der Waals surface area (Å²) in [5.74, 6) is 0.251. The van der Waals surface area contributed by atoms with Crippen LogP contribution in [0.3, 0.4) is 0 Å². The van der Waals surface area contributed by atoms with Gasteiger partial charge >= 0.3 is 0 Å². The van der Waals surface area contributed by atoms with Crippen LogP contribution in [-0.4, -0.2) is 32.3 Å². The van der Waals surface area contributed by atoms with Gasteiger partial charge in [-0.15, -0.1) is 10.2 Å². The number of amides is 2. The van der Waals surface area contributed by atoms with Crippen LogP contribution in [0, 0.1) is 13.8 Å². The molecule has 0 fully saturated rings. The van der Waals surface area contributed by atoms with Gasteiger partial charge in [0.25, 0.3) is 0 Å². The number of aromatic nitrogens is 3. The molecular weight excluding hydrogens is 469 g/mol. The van der Waals surface area contributed by atoms with Crippen molar-refractivity contribution in [1.82, 2.24) is 14.8 Å². The van der Waals surface area contributed by atoms with Crippen molar-refractivity contribution in [3.63, 3.8) is 0 Å². The number of benzene rings is 2. The van der Waals surface area contributed by atoms with Crippen molar-refractivity contribution in [2.24, 2.45) is 0 Å². The smallest absolute Gasteiger partial charge is 0.234 e. The number of halogens is 2. The van der Waals surface area contributed by atoms with E-state index in [1.807, 2.05) is 43.5 Å². The summed E-state index contributed by atoms with van der Waals surface area (Å²) in [7, 11) is 0. The molecule has 168 valence electrons. The molecule has 7 nitrogen and oxygen atoms in total. The first kappa shape index (κ1) is 24.1. The molecule has 2 amide bonds. The van der Waals surface area contributed by atoms with Crippen molar-refractivity contribution >= 4 is 58.2 Å². The Morgan fingerprint density at radius 3 is 2.44 bits per heavy atom. The molecule has 0 unspecified atom stereocenters. The van der Waals surface area contributed by atoms with E-state index < -0.39 is 0 Å². The van der Waals surface area contributed by atoms with Gasteiger partial charge in [-0.3, -0.25) is 9.59 Å². The average molecular weight is 492 g/mol. The Bertz CT molecular complexity index is 1150. The first-order chi connectivity index (χ1) is 15.3. The molecule has 2 aromatic carbocycles. The molecule has 2 N–H and O–H groups in total. The Morgan fingerprint density at radius 2 is 1.69 bits per heavy atom. The molecule has 3 rings (SSSR count). The van der Waals surface area contributed by atoms with Crippen LogP contribution in [0.25, 0.3) is 0 Å². The molecule has 0 atom stereocenters. The molecule has 3 aromatic rings. The van der Waals surface area contributed by atoms with E-state index in [0.717, 1.165) is 16.8 Å². The van der Waals surface area contributed by atoms with Crippen molar-refractivity contribution in [2.75, 3.05) is 16.4 Å². The lowest BCUT2D eigenvalue weighted by molar-refractivity contribution is -0.116. The fourth-order valence-corrected chi connectivity index (χ4v) is 4.18. The van der Waals surface area contributed by atoms with Crippen LogP contribution >= 0.6 is 35.0 Å². The number of nitrogens with one attached hydrogen (secondary N) is 2. The standard InChI is InChI=1S/C22H23Cl2N5O2S/c1-4-29-18(11-19(30)26-17-10-6-8-15(23)21(17)24)27-28-22(29)32-12-20(31)25-16-9-5-7-13(2)14(16)3/h5-10H,4,11-12H2,1-3H3,(H,25,31)(H,26,30). The molecule has 0 aliphatic heterocycles. The highest BCUT2D eigenvalue weighted by Crippen LogP contribution is 2.29. The zero-order valence-corrected chi connectivity index (χ0v) is 20.2. The minimum atomic E-state index is -0.291. The van der Waals surface area contributed by atoms with Gasteiger partial charge in [-0.25, -0.2) is 0 Å². The molecule has 1 heterocycles. The molecule has 10 heteroatoms. The van der Waals surface area contributed by atoms with E-state index in [0.29, 0.717) is 28.2 Å². The number of carbonyl (C=O) groups is 2. The number of carbonyl (C=O) groups excluding carboxylic acids is 2. The van der Waals surface area contributed by atoms with Gasteiger partial charge in [0, 0.05) is 12.2 Å². The summed E-state index contributed by atoms with van der Waals surface area (Å²) in [5, 5.41) is 15.2. The normalized spacial score (nSPS) is 10.8. The topological polar surface area (TPSA) is 88.9 Å². The highest BCUT2D eigenvalue weighted by atomic mass is 35.5. The van der Waals surface area contributed by atoms with Gasteiger partial charge in [-0.05, 0) is 50.1 Å². The van der Waals surface area contributed by atoms with Crippen molar-refractivity contribution in [2.45, 2.75) is 38.9 Å². The van der Waals surface area contributed by atoms with Crippen LogP contribution in [0.1, 0.15) is 23.9 Å². The highest BCUT2D eigenvalue weighted by molar-refractivity contribution is 7.99. The van der Waals surface area contributed by atoms with E-state index in [2.05, 4.69) is 20.8 Å². The van der Waals surface area contributed by atoms with E-state index in [4.69, 9.17) is 23.2 Å². The third-order valence-corrected chi connectivity index (χ3v) is 6.65. The molecule has 0 saturated heterocycles. The van der Waals surface area contributed by atoms with Crippen molar-refractivity contribution in [1.29, 1.82) is 0 Å². The van der Waals surface area contributed by atoms with E-state index in [1.165, 1.54) is 11.8 Å². The Kier molecular flexibility index (Phi) is 8.17. The summed E-state index contributed by atoms with van der Waals surface area (Å²) in [6, 6.07) is 10.8. The molecule has 32 heavy (non-hydrogen) atoms. The fourth-order valence-electron chi connectivity index (χ4n) is 3.02. The van der Waals surface area contributed by atoms with Gasteiger partial charge in [0.1, 0.15) is 5.82 Å². The summed E-state index contributed by atoms with van der Waals surface area (Å²) in [6.07, 6.45) is 0.0128. The maximum Gasteiger partial charge on any atom is 0.234 e. The van der Waals surface area contributed by atoms with Gasteiger partial charge in [0.2, 0.25) is 11.8 Å². The zero-order chi connectivity index (χ0) is 23.3. The lowest BCUT2D eigenvalue weighted by Gasteiger charge is -2.11. The zero-order valence-electron chi connectivity index (χ0n) is 17.9. The van der Waals surface area contributed by atoms with Crippen molar-refractivity contribution in [3.05, 3.63) is 63.4 Å². The third kappa shape index (κ3) is 5.82. The third-order valence-electron chi connectivity index (χ3n) is 4.87. The molecular formula is C22H23Cl2N5O2S. The first-order valence-corrected chi connectivity index (χ1v) is 11.7. The van der Waals surface area contributed by atoms with E-state index in [1.54, 1.807) is 18.2 Å². The number of nitrogens with zero attached hydrogens (tertiary/aromatic N) is 3. The number of hydrogen-bond acceptors (Lipinski definition) is 5. The highest BCUT2D eigenvalue weighted by Gasteiger charge is 2.17. The summed E-state index contributed by atoms with van der Waals surface area (Å²) in [4.78, 5) is 24.9. The number of aryl methyl sites for hydroxylation is 1. The van der Waals surface area contributed by atoms with Gasteiger partial charge in [-0.1, -0.05) is 53.2 Å². The Hall–Kier alpha value is -2.55. The molecule has 0 saturated carbocycles. The second-order valence-corrected chi connectivity index (χ2v) is 8.78. The lowest BCUT2D eigenvalue weighted by Crippen LogP contribution is -2.18. The van der Waals surface area contributed by atoms with E-state index in [9.17, 15) is 9.59 Å². The minimum Gasteiger partial charge on any atom is -0.325 e. The molecule has 0 aliphatic rings. The Labute approximate surface area is 200 Å². The van der Waals surface area contributed by atoms with E-state index in [-0.39, 0.29) is 29.0 Å². The van der Waals surface area contributed by atoms with Gasteiger partial charge in [0.05, 0.1) is 27.9 Å². The number of hydrogen-bond donors (Lipinski definition) is 2. The van der Waals surface area contributed by atoms with Crippen molar-refractivity contribution in [3.8, 4) is 0 Å². The van der Waals surface area contributed by atoms with Crippen LogP contribution in [0.4, 0.5) is 11.4 Å². The molecule has 0 bridgehead atoms. The van der Waals surface area contributed by atoms with Crippen molar-refractivity contribution < 1.29 is 9.59 Å². The molecule has 0 radical (unpaired) electrons. The maximum absolute atomic E-state index is 12.5. The average Bonchev–Trinajstić information content (AvgIpc) is 3.14. The number of anilines is 2.